The maximum atomic E-state index is 6.64. The minimum Gasteiger partial charge on any atom is -0.355 e. The van der Waals surface area contributed by atoms with Gasteiger partial charge in [0.1, 0.15) is 11.5 Å². The van der Waals surface area contributed by atoms with Crippen LogP contribution in [-0.2, 0) is 13.0 Å². The summed E-state index contributed by atoms with van der Waals surface area (Å²) in [6.07, 6.45) is 11.1. The number of nitrogens with zero attached hydrogens (tertiary/aromatic N) is 6. The van der Waals surface area contributed by atoms with Crippen LogP contribution < -0.4 is 15.5 Å². The fraction of sp³-hybridized carbons (Fsp3) is 0.583. The lowest BCUT2D eigenvalue weighted by Crippen LogP contribution is -2.48. The Labute approximate surface area is 182 Å². The molecule has 7 heteroatoms. The lowest BCUT2D eigenvalue weighted by Gasteiger charge is -2.43. The van der Waals surface area contributed by atoms with Gasteiger partial charge in [-0.05, 0) is 67.9 Å². The number of pyridine rings is 1. The molecule has 3 fully saturated rings. The van der Waals surface area contributed by atoms with Crippen LogP contribution in [0.3, 0.4) is 0 Å². The van der Waals surface area contributed by atoms with E-state index in [-0.39, 0.29) is 0 Å². The highest BCUT2D eigenvalue weighted by Gasteiger charge is 2.59. The van der Waals surface area contributed by atoms with Gasteiger partial charge in [0.25, 0.3) is 0 Å². The summed E-state index contributed by atoms with van der Waals surface area (Å²) in [6.45, 7) is 3.65. The molecule has 7 nitrogen and oxygen atoms in total. The van der Waals surface area contributed by atoms with Crippen molar-refractivity contribution in [2.45, 2.75) is 51.1 Å². The minimum atomic E-state index is 0.389. The molecule has 5 heterocycles. The Morgan fingerprint density at radius 3 is 2.84 bits per heavy atom. The van der Waals surface area contributed by atoms with Crippen molar-refractivity contribution in [3.8, 4) is 0 Å². The summed E-state index contributed by atoms with van der Waals surface area (Å²) in [7, 11) is 0. The number of fused-ring (bicyclic) bond motifs is 3. The summed E-state index contributed by atoms with van der Waals surface area (Å²) in [6, 6.07) is 4.57. The maximum absolute atomic E-state index is 6.64. The van der Waals surface area contributed by atoms with Crippen LogP contribution >= 0.6 is 0 Å². The van der Waals surface area contributed by atoms with E-state index in [1.165, 1.54) is 31.4 Å². The lowest BCUT2D eigenvalue weighted by atomic mass is 9.72. The Hall–Kier alpha value is -2.54. The van der Waals surface area contributed by atoms with Gasteiger partial charge in [0.15, 0.2) is 5.84 Å². The highest BCUT2D eigenvalue weighted by atomic mass is 15.3. The van der Waals surface area contributed by atoms with Gasteiger partial charge in [0, 0.05) is 31.9 Å². The Kier molecular flexibility index (Phi) is 3.78. The Balaban J connectivity index is 1.10. The number of anilines is 2. The van der Waals surface area contributed by atoms with Gasteiger partial charge < -0.3 is 15.5 Å². The van der Waals surface area contributed by atoms with Gasteiger partial charge in [-0.2, -0.15) is 0 Å². The molecule has 0 radical (unpaired) electrons. The first-order valence-corrected chi connectivity index (χ1v) is 11.8. The number of aromatic nitrogens is 3. The van der Waals surface area contributed by atoms with E-state index in [1.54, 1.807) is 0 Å². The van der Waals surface area contributed by atoms with Crippen LogP contribution in [-0.4, -0.2) is 46.5 Å². The van der Waals surface area contributed by atoms with Gasteiger partial charge in [-0.25, -0.2) is 9.97 Å². The molecule has 160 valence electrons. The molecule has 5 aliphatic rings. The van der Waals surface area contributed by atoms with Gasteiger partial charge in [-0.15, -0.1) is 0 Å². The fourth-order valence-electron chi connectivity index (χ4n) is 6.69. The highest BCUT2D eigenvalue weighted by Crippen LogP contribution is 2.62. The van der Waals surface area contributed by atoms with Crippen LogP contribution in [0.15, 0.2) is 29.5 Å². The number of hydrogen-bond donors (Lipinski definition) is 1. The van der Waals surface area contributed by atoms with Crippen molar-refractivity contribution in [3.05, 3.63) is 41.6 Å². The van der Waals surface area contributed by atoms with Crippen LogP contribution in [0.2, 0.25) is 0 Å². The first-order chi connectivity index (χ1) is 15.2. The number of nitrogens with two attached hydrogens (primary N) is 1. The van der Waals surface area contributed by atoms with Crippen LogP contribution in [0.4, 0.5) is 11.5 Å². The van der Waals surface area contributed by atoms with Gasteiger partial charge in [-0.3, -0.25) is 9.98 Å². The summed E-state index contributed by atoms with van der Waals surface area (Å²) in [5.74, 6) is 3.70. The molecule has 3 aliphatic heterocycles. The van der Waals surface area contributed by atoms with Crippen molar-refractivity contribution in [1.82, 2.24) is 15.0 Å². The molecule has 0 bridgehead atoms. The van der Waals surface area contributed by atoms with Crippen LogP contribution in [0.25, 0.3) is 0 Å². The minimum absolute atomic E-state index is 0.389. The number of hydrogen-bond acceptors (Lipinski definition) is 7. The lowest BCUT2D eigenvalue weighted by molar-refractivity contribution is 0.172. The number of amidine groups is 1. The smallest absolute Gasteiger partial charge is 0.156 e. The normalized spacial score (nSPS) is 30.1. The van der Waals surface area contributed by atoms with Crippen molar-refractivity contribution in [2.75, 3.05) is 29.4 Å². The molecule has 2 aromatic rings. The molecule has 31 heavy (non-hydrogen) atoms. The third kappa shape index (κ3) is 2.68. The molecular formula is C24H29N7. The number of piperidine rings is 1. The molecule has 1 spiro atoms. The monoisotopic (exact) mass is 415 g/mol. The average molecular weight is 416 g/mol. The Morgan fingerprint density at radius 1 is 1.10 bits per heavy atom. The van der Waals surface area contributed by atoms with Crippen molar-refractivity contribution in [1.29, 1.82) is 0 Å². The van der Waals surface area contributed by atoms with E-state index in [4.69, 9.17) is 20.7 Å². The zero-order valence-corrected chi connectivity index (χ0v) is 17.9. The summed E-state index contributed by atoms with van der Waals surface area (Å²) in [5, 5.41) is 0. The Bertz CT molecular complexity index is 1070. The first kappa shape index (κ1) is 18.1. The number of aliphatic imine (C=N–C) groups is 1. The SMILES string of the molecule is N[C@@H]1[C@H]2C[C@H]2CC12CCN(c1cnc3c(n1)CN=C3N1CCCc3ncccc31)CC2. The molecule has 0 unspecified atom stereocenters. The average Bonchev–Trinajstić information content (AvgIpc) is 3.36. The zero-order chi connectivity index (χ0) is 20.6. The summed E-state index contributed by atoms with van der Waals surface area (Å²) >= 11 is 0. The Morgan fingerprint density at radius 2 is 2.00 bits per heavy atom. The molecule has 7 rings (SSSR count). The van der Waals surface area contributed by atoms with E-state index in [0.717, 1.165) is 73.0 Å². The van der Waals surface area contributed by atoms with E-state index in [1.807, 2.05) is 18.5 Å². The molecule has 0 aromatic carbocycles. The summed E-state index contributed by atoms with van der Waals surface area (Å²) in [5.41, 5.74) is 11.3. The number of rotatable bonds is 1. The quantitative estimate of drug-likeness (QED) is 0.771. The number of aryl methyl sites for hydroxylation is 1. The first-order valence-electron chi connectivity index (χ1n) is 11.8. The van der Waals surface area contributed by atoms with Crippen molar-refractivity contribution >= 4 is 17.3 Å². The second kappa shape index (κ2) is 6.48. The predicted molar refractivity (Wildman–Crippen MR) is 120 cm³/mol. The van der Waals surface area contributed by atoms with Crippen LogP contribution in [0.5, 0.6) is 0 Å². The van der Waals surface area contributed by atoms with E-state index >= 15 is 0 Å². The van der Waals surface area contributed by atoms with Crippen LogP contribution in [0, 0.1) is 17.3 Å². The van der Waals surface area contributed by atoms with Gasteiger partial charge in [0.05, 0.1) is 29.8 Å². The highest BCUT2D eigenvalue weighted by molar-refractivity contribution is 6.11. The third-order valence-electron chi connectivity index (χ3n) is 8.53. The molecule has 2 N–H and O–H groups in total. The molecule has 3 atom stereocenters. The molecular weight excluding hydrogens is 386 g/mol. The van der Waals surface area contributed by atoms with E-state index in [2.05, 4.69) is 20.9 Å². The second-order valence-corrected chi connectivity index (χ2v) is 10.1. The zero-order valence-electron chi connectivity index (χ0n) is 17.9. The van der Waals surface area contributed by atoms with E-state index in [0.29, 0.717) is 18.0 Å². The largest absolute Gasteiger partial charge is 0.355 e. The van der Waals surface area contributed by atoms with Crippen molar-refractivity contribution in [3.63, 3.8) is 0 Å². The van der Waals surface area contributed by atoms with Crippen molar-refractivity contribution in [2.24, 2.45) is 28.0 Å². The van der Waals surface area contributed by atoms with E-state index in [9.17, 15) is 0 Å². The van der Waals surface area contributed by atoms with Crippen LogP contribution in [0.1, 0.15) is 49.2 Å². The molecule has 2 aromatic heterocycles. The fourth-order valence-corrected chi connectivity index (χ4v) is 6.69. The topological polar surface area (TPSA) is 83.5 Å². The van der Waals surface area contributed by atoms with Gasteiger partial charge in [0.2, 0.25) is 0 Å². The molecule has 2 saturated carbocycles. The molecule has 1 saturated heterocycles. The van der Waals surface area contributed by atoms with E-state index < -0.39 is 0 Å². The van der Waals surface area contributed by atoms with Gasteiger partial charge >= 0.3 is 0 Å². The molecule has 0 amide bonds. The second-order valence-electron chi connectivity index (χ2n) is 10.1. The molecule has 2 aliphatic carbocycles. The standard InChI is InChI=1S/C24H29N7/c25-22-16-11-15(16)12-24(22)5-9-30(10-6-24)20-14-27-21-18(29-20)13-28-23(21)31-8-2-3-17-19(31)4-1-7-26-17/h1,4,7,14-16,22H,2-3,5-6,8-13,25H2/t15-,16-,22+/m0/s1. The predicted octanol–water partition coefficient (Wildman–Crippen LogP) is 2.54. The van der Waals surface area contributed by atoms with Crippen molar-refractivity contribution < 1.29 is 0 Å². The maximum Gasteiger partial charge on any atom is 0.156 e. The summed E-state index contributed by atoms with van der Waals surface area (Å²) < 4.78 is 0. The third-order valence-corrected chi connectivity index (χ3v) is 8.53. The van der Waals surface area contributed by atoms with Gasteiger partial charge in [-0.1, -0.05) is 0 Å². The summed E-state index contributed by atoms with van der Waals surface area (Å²) in [4.78, 5) is 24.0.